The minimum atomic E-state index is -1.59. The van der Waals surface area contributed by atoms with Crippen LogP contribution in [0.2, 0.25) is 0 Å². The summed E-state index contributed by atoms with van der Waals surface area (Å²) in [6.07, 6.45) is 0. The Bertz CT molecular complexity index is 817. The fraction of sp³-hybridized carbons (Fsp3) is 0. The third-order valence-corrected chi connectivity index (χ3v) is 2.89. The van der Waals surface area contributed by atoms with Gasteiger partial charge >= 0.3 is 0 Å². The van der Waals surface area contributed by atoms with Crippen LogP contribution in [0.15, 0.2) is 40.9 Å². The number of rotatable bonds is 2. The fourth-order valence-corrected chi connectivity index (χ4v) is 1.83. The number of aromatic nitrogens is 2. The lowest BCUT2D eigenvalue weighted by Gasteiger charge is -1.99. The summed E-state index contributed by atoms with van der Waals surface area (Å²) < 4.78 is 44.7. The van der Waals surface area contributed by atoms with E-state index in [4.69, 9.17) is 10.3 Å². The molecule has 0 aliphatic heterocycles. The maximum absolute atomic E-state index is 13.7. The van der Waals surface area contributed by atoms with Crippen molar-refractivity contribution in [3.8, 4) is 22.8 Å². The van der Waals surface area contributed by atoms with E-state index in [0.29, 0.717) is 11.3 Å². The number of nitrogens with zero attached hydrogens (tertiary/aromatic N) is 2. The van der Waals surface area contributed by atoms with Crippen molar-refractivity contribution in [1.29, 1.82) is 0 Å². The van der Waals surface area contributed by atoms with E-state index in [0.717, 1.165) is 12.1 Å². The molecule has 0 aliphatic rings. The molecule has 0 spiro atoms. The van der Waals surface area contributed by atoms with Gasteiger partial charge in [-0.2, -0.15) is 4.98 Å². The van der Waals surface area contributed by atoms with Crippen molar-refractivity contribution in [2.45, 2.75) is 0 Å². The highest BCUT2D eigenvalue weighted by molar-refractivity contribution is 5.72. The molecule has 4 nitrogen and oxygen atoms in total. The van der Waals surface area contributed by atoms with Crippen LogP contribution in [0.3, 0.4) is 0 Å². The van der Waals surface area contributed by atoms with Gasteiger partial charge in [0.2, 0.25) is 5.82 Å². The van der Waals surface area contributed by atoms with Crippen LogP contribution < -0.4 is 5.73 Å². The van der Waals surface area contributed by atoms with Gasteiger partial charge in [-0.1, -0.05) is 17.3 Å². The molecule has 0 unspecified atom stereocenters. The monoisotopic (exact) mass is 291 g/mol. The second-order valence-electron chi connectivity index (χ2n) is 4.23. The predicted molar refractivity (Wildman–Crippen MR) is 69.5 cm³/mol. The van der Waals surface area contributed by atoms with E-state index in [1.165, 1.54) is 0 Å². The molecule has 3 rings (SSSR count). The van der Waals surface area contributed by atoms with Crippen LogP contribution in [0, 0.1) is 17.5 Å². The Kier molecular flexibility index (Phi) is 3.09. The Hall–Kier alpha value is -2.83. The Morgan fingerprint density at radius 3 is 2.43 bits per heavy atom. The standard InChI is InChI=1S/C14H8F3N3O/c15-9-6-5-8(11(16)12(9)17)14-19-13(20-21-14)7-3-1-2-4-10(7)18/h1-6H,18H2. The summed E-state index contributed by atoms with van der Waals surface area (Å²) in [7, 11) is 0. The smallest absolute Gasteiger partial charge is 0.261 e. The predicted octanol–water partition coefficient (Wildman–Crippen LogP) is 3.40. The lowest BCUT2D eigenvalue weighted by Crippen LogP contribution is -1.94. The molecule has 0 saturated heterocycles. The molecule has 7 heteroatoms. The van der Waals surface area contributed by atoms with Crippen molar-refractivity contribution in [3.05, 3.63) is 53.8 Å². The Labute approximate surface area is 117 Å². The highest BCUT2D eigenvalue weighted by atomic mass is 19.2. The van der Waals surface area contributed by atoms with Gasteiger partial charge in [0, 0.05) is 11.3 Å². The van der Waals surface area contributed by atoms with Gasteiger partial charge in [0.1, 0.15) is 0 Å². The number of benzene rings is 2. The van der Waals surface area contributed by atoms with Gasteiger partial charge in [0.25, 0.3) is 5.89 Å². The van der Waals surface area contributed by atoms with Crippen LogP contribution in [0.5, 0.6) is 0 Å². The molecule has 0 saturated carbocycles. The van der Waals surface area contributed by atoms with E-state index in [1.807, 2.05) is 0 Å². The average molecular weight is 291 g/mol. The van der Waals surface area contributed by atoms with Crippen molar-refractivity contribution in [3.63, 3.8) is 0 Å². The molecule has 0 aliphatic carbocycles. The first-order chi connectivity index (χ1) is 10.1. The van der Waals surface area contributed by atoms with Crippen molar-refractivity contribution in [1.82, 2.24) is 10.1 Å². The number of anilines is 1. The lowest BCUT2D eigenvalue weighted by molar-refractivity contribution is 0.420. The van der Waals surface area contributed by atoms with E-state index in [2.05, 4.69) is 10.1 Å². The average Bonchev–Trinajstić information content (AvgIpc) is 2.95. The fourth-order valence-electron chi connectivity index (χ4n) is 1.83. The van der Waals surface area contributed by atoms with Gasteiger partial charge < -0.3 is 10.3 Å². The zero-order chi connectivity index (χ0) is 15.0. The molecule has 21 heavy (non-hydrogen) atoms. The Morgan fingerprint density at radius 2 is 1.67 bits per heavy atom. The minimum absolute atomic E-state index is 0.132. The Morgan fingerprint density at radius 1 is 0.905 bits per heavy atom. The van der Waals surface area contributed by atoms with Gasteiger partial charge in [0.05, 0.1) is 5.56 Å². The van der Waals surface area contributed by atoms with Gasteiger partial charge in [0.15, 0.2) is 17.5 Å². The molecular weight excluding hydrogens is 283 g/mol. The van der Waals surface area contributed by atoms with Crippen LogP contribution in [-0.2, 0) is 0 Å². The summed E-state index contributed by atoms with van der Waals surface area (Å²) in [6.45, 7) is 0. The molecule has 2 N–H and O–H groups in total. The summed E-state index contributed by atoms with van der Waals surface area (Å²) in [5.41, 5.74) is 6.36. The van der Waals surface area contributed by atoms with Gasteiger partial charge in [-0.25, -0.2) is 13.2 Å². The van der Waals surface area contributed by atoms with E-state index < -0.39 is 17.5 Å². The number of hydrogen-bond donors (Lipinski definition) is 1. The van der Waals surface area contributed by atoms with Crippen LogP contribution >= 0.6 is 0 Å². The van der Waals surface area contributed by atoms with Gasteiger partial charge in [-0.05, 0) is 24.3 Å². The first-order valence-corrected chi connectivity index (χ1v) is 5.90. The molecular formula is C14H8F3N3O. The number of hydrogen-bond acceptors (Lipinski definition) is 4. The molecule has 1 heterocycles. The highest BCUT2D eigenvalue weighted by Gasteiger charge is 2.20. The quantitative estimate of drug-likeness (QED) is 0.580. The van der Waals surface area contributed by atoms with E-state index >= 15 is 0 Å². The van der Waals surface area contributed by atoms with Gasteiger partial charge in [-0.3, -0.25) is 0 Å². The topological polar surface area (TPSA) is 64.9 Å². The van der Waals surface area contributed by atoms with Crippen LogP contribution in [0.1, 0.15) is 0 Å². The summed E-state index contributed by atoms with van der Waals surface area (Å²) in [4.78, 5) is 3.96. The molecule has 106 valence electrons. The van der Waals surface area contributed by atoms with Crippen molar-refractivity contribution in [2.24, 2.45) is 0 Å². The molecule has 3 aromatic rings. The zero-order valence-electron chi connectivity index (χ0n) is 10.5. The zero-order valence-corrected chi connectivity index (χ0v) is 10.5. The molecule has 0 atom stereocenters. The largest absolute Gasteiger partial charge is 0.398 e. The molecule has 0 fully saturated rings. The first-order valence-electron chi connectivity index (χ1n) is 5.90. The molecule has 0 amide bonds. The minimum Gasteiger partial charge on any atom is -0.398 e. The molecule has 0 bridgehead atoms. The Balaban J connectivity index is 2.07. The van der Waals surface area contributed by atoms with Crippen molar-refractivity contribution in [2.75, 3.05) is 5.73 Å². The second-order valence-corrected chi connectivity index (χ2v) is 4.23. The summed E-state index contributed by atoms with van der Waals surface area (Å²) in [6, 6.07) is 8.57. The van der Waals surface area contributed by atoms with Crippen molar-refractivity contribution < 1.29 is 17.7 Å². The van der Waals surface area contributed by atoms with Gasteiger partial charge in [-0.15, -0.1) is 0 Å². The van der Waals surface area contributed by atoms with E-state index in [9.17, 15) is 13.2 Å². The third kappa shape index (κ3) is 2.22. The summed E-state index contributed by atoms with van der Waals surface area (Å²) in [5.74, 6) is -4.39. The normalized spacial score (nSPS) is 10.8. The number of nitrogens with two attached hydrogens (primary N) is 1. The van der Waals surface area contributed by atoms with E-state index in [1.54, 1.807) is 24.3 Å². The highest BCUT2D eigenvalue weighted by Crippen LogP contribution is 2.28. The second kappa shape index (κ2) is 4.93. The molecule has 2 aromatic carbocycles. The third-order valence-electron chi connectivity index (χ3n) is 2.89. The van der Waals surface area contributed by atoms with Crippen molar-refractivity contribution >= 4 is 5.69 Å². The van der Waals surface area contributed by atoms with Crippen LogP contribution in [-0.4, -0.2) is 10.1 Å². The number of halogens is 3. The lowest BCUT2D eigenvalue weighted by atomic mass is 10.1. The van der Waals surface area contributed by atoms with E-state index in [-0.39, 0.29) is 17.3 Å². The maximum Gasteiger partial charge on any atom is 0.261 e. The summed E-state index contributed by atoms with van der Waals surface area (Å²) in [5, 5.41) is 3.67. The SMILES string of the molecule is Nc1ccccc1-c1noc(-c2ccc(F)c(F)c2F)n1. The number of nitrogen functional groups attached to an aromatic ring is 1. The number of para-hydroxylation sites is 1. The molecule has 0 radical (unpaired) electrons. The molecule has 1 aromatic heterocycles. The summed E-state index contributed by atoms with van der Waals surface area (Å²) >= 11 is 0. The first kappa shape index (κ1) is 13.2. The van der Waals surface area contributed by atoms with Crippen LogP contribution in [0.4, 0.5) is 18.9 Å². The van der Waals surface area contributed by atoms with Crippen LogP contribution in [0.25, 0.3) is 22.8 Å². The maximum atomic E-state index is 13.7.